The van der Waals surface area contributed by atoms with E-state index in [1.807, 2.05) is 60.7 Å². The van der Waals surface area contributed by atoms with E-state index >= 15 is 0 Å². The average molecular weight is 452 g/mol. The molecule has 1 N–H and O–H groups in total. The summed E-state index contributed by atoms with van der Waals surface area (Å²) in [6.07, 6.45) is 0.618. The number of nitrogens with one attached hydrogen (secondary N) is 1. The molecular weight excluding hydrogens is 430 g/mol. The van der Waals surface area contributed by atoms with E-state index in [1.54, 1.807) is 18.2 Å². The minimum atomic E-state index is -3.71. The van der Waals surface area contributed by atoms with Crippen LogP contribution in [0.2, 0.25) is 0 Å². The van der Waals surface area contributed by atoms with E-state index < -0.39 is 10.0 Å². The molecular formula is C23H21N3O3S2. The third kappa shape index (κ3) is 5.16. The molecule has 158 valence electrons. The van der Waals surface area contributed by atoms with Crippen molar-refractivity contribution in [2.24, 2.45) is 0 Å². The fourth-order valence-corrected chi connectivity index (χ4v) is 6.03. The minimum absolute atomic E-state index is 0.250. The molecule has 0 atom stereocenters. The van der Waals surface area contributed by atoms with Gasteiger partial charge >= 0.3 is 0 Å². The summed E-state index contributed by atoms with van der Waals surface area (Å²) in [5.74, 6) is 0. The van der Waals surface area contributed by atoms with Crippen LogP contribution in [0.25, 0.3) is 10.6 Å². The van der Waals surface area contributed by atoms with Crippen LogP contribution in [0.4, 0.5) is 0 Å². The first-order valence-corrected chi connectivity index (χ1v) is 12.0. The topological polar surface area (TPSA) is 83.1 Å². The zero-order valence-corrected chi connectivity index (χ0v) is 18.3. The van der Waals surface area contributed by atoms with Gasteiger partial charge in [0.2, 0.25) is 0 Å². The van der Waals surface area contributed by atoms with Crippen molar-refractivity contribution in [3.63, 3.8) is 0 Å². The lowest BCUT2D eigenvalue weighted by molar-refractivity contribution is 0.411. The van der Waals surface area contributed by atoms with E-state index in [-0.39, 0.29) is 9.77 Å². The maximum Gasteiger partial charge on any atom is 0.264 e. The Kier molecular flexibility index (Phi) is 6.41. The number of sulfonamides is 1. The monoisotopic (exact) mass is 451 g/mol. The Hall–Kier alpha value is -3.07. The lowest BCUT2D eigenvalue weighted by Gasteiger charge is -2.21. The molecule has 2 heterocycles. The largest absolute Gasteiger partial charge is 0.268 e. The summed E-state index contributed by atoms with van der Waals surface area (Å²) in [5.41, 5.74) is 2.24. The summed E-state index contributed by atoms with van der Waals surface area (Å²) < 4.78 is 28.8. The van der Waals surface area contributed by atoms with Crippen molar-refractivity contribution in [2.75, 3.05) is 6.54 Å². The van der Waals surface area contributed by atoms with Gasteiger partial charge in [0.25, 0.3) is 15.6 Å². The van der Waals surface area contributed by atoms with E-state index in [9.17, 15) is 13.2 Å². The summed E-state index contributed by atoms with van der Waals surface area (Å²) in [7, 11) is -3.71. The molecule has 0 aliphatic heterocycles. The van der Waals surface area contributed by atoms with Crippen molar-refractivity contribution < 1.29 is 8.42 Å². The maximum absolute atomic E-state index is 13.5. The summed E-state index contributed by atoms with van der Waals surface area (Å²) in [6, 6.07) is 25.7. The van der Waals surface area contributed by atoms with Gasteiger partial charge in [0.1, 0.15) is 9.90 Å². The van der Waals surface area contributed by atoms with Gasteiger partial charge in [-0.1, -0.05) is 60.7 Å². The normalized spacial score (nSPS) is 11.6. The predicted molar refractivity (Wildman–Crippen MR) is 122 cm³/mol. The van der Waals surface area contributed by atoms with Gasteiger partial charge < -0.3 is 0 Å². The summed E-state index contributed by atoms with van der Waals surface area (Å²) in [6.45, 7) is 0.658. The molecule has 4 rings (SSSR count). The lowest BCUT2D eigenvalue weighted by atomic mass is 10.1. The Balaban J connectivity index is 1.62. The molecule has 0 amide bonds. The molecule has 0 spiro atoms. The standard InChI is InChI=1S/C23H21N3O3S2/c27-22-13-11-20(24-25-22)21-12-14-23(30-21)31(28,29)26(17-19-9-5-2-6-10-19)16-15-18-7-3-1-4-8-18/h1-14H,15-17H2,(H,25,27). The van der Waals surface area contributed by atoms with Crippen LogP contribution in [0.15, 0.2) is 93.9 Å². The Bertz CT molecular complexity index is 1280. The molecule has 2 aromatic carbocycles. The second kappa shape index (κ2) is 9.38. The van der Waals surface area contributed by atoms with Crippen LogP contribution < -0.4 is 5.56 Å². The molecule has 0 unspecified atom stereocenters. The Morgan fingerprint density at radius 3 is 2.16 bits per heavy atom. The number of thiophene rings is 1. The first-order chi connectivity index (χ1) is 15.0. The fourth-order valence-electron chi connectivity index (χ4n) is 3.18. The molecule has 0 saturated carbocycles. The number of rotatable bonds is 8. The second-order valence-corrected chi connectivity index (χ2v) is 10.2. The van der Waals surface area contributed by atoms with Crippen molar-refractivity contribution in [3.05, 3.63) is 106 Å². The Labute approximate surface area is 184 Å². The highest BCUT2D eigenvalue weighted by molar-refractivity contribution is 7.91. The molecule has 0 aliphatic carbocycles. The van der Waals surface area contributed by atoms with Crippen molar-refractivity contribution in [3.8, 4) is 10.6 Å². The third-order valence-electron chi connectivity index (χ3n) is 4.80. The molecule has 8 heteroatoms. The van der Waals surface area contributed by atoms with E-state index in [1.165, 1.54) is 10.4 Å². The molecule has 0 radical (unpaired) electrons. The number of nitrogens with zero attached hydrogens (tertiary/aromatic N) is 2. The minimum Gasteiger partial charge on any atom is -0.268 e. The average Bonchev–Trinajstić information content (AvgIpc) is 3.30. The van der Waals surface area contributed by atoms with Gasteiger partial charge in [-0.05, 0) is 35.7 Å². The van der Waals surface area contributed by atoms with Crippen LogP contribution in [0.1, 0.15) is 11.1 Å². The molecule has 6 nitrogen and oxygen atoms in total. The fraction of sp³-hybridized carbons (Fsp3) is 0.130. The number of aromatic amines is 1. The van der Waals surface area contributed by atoms with Gasteiger partial charge in [0.05, 0.1) is 4.88 Å². The van der Waals surface area contributed by atoms with Crippen molar-refractivity contribution in [1.29, 1.82) is 0 Å². The maximum atomic E-state index is 13.5. The third-order valence-corrected chi connectivity index (χ3v) is 8.22. The Morgan fingerprint density at radius 1 is 0.839 bits per heavy atom. The molecule has 0 saturated heterocycles. The van der Waals surface area contributed by atoms with Crippen molar-refractivity contribution in [1.82, 2.24) is 14.5 Å². The van der Waals surface area contributed by atoms with Gasteiger partial charge in [-0.25, -0.2) is 13.5 Å². The molecule has 0 fully saturated rings. The highest BCUT2D eigenvalue weighted by atomic mass is 32.2. The van der Waals surface area contributed by atoms with Crippen LogP contribution in [0.5, 0.6) is 0 Å². The number of aromatic nitrogens is 2. The van der Waals surface area contributed by atoms with Gasteiger partial charge in [0.15, 0.2) is 0 Å². The molecule has 0 aliphatic rings. The van der Waals surface area contributed by atoms with E-state index in [0.29, 0.717) is 30.1 Å². The first kappa shape index (κ1) is 21.2. The van der Waals surface area contributed by atoms with Crippen LogP contribution in [0, 0.1) is 0 Å². The number of H-pyrrole nitrogens is 1. The summed E-state index contributed by atoms with van der Waals surface area (Å²) in [4.78, 5) is 11.9. The first-order valence-electron chi connectivity index (χ1n) is 9.76. The number of hydrogen-bond acceptors (Lipinski definition) is 5. The second-order valence-electron chi connectivity index (χ2n) is 6.98. The lowest BCUT2D eigenvalue weighted by Crippen LogP contribution is -2.32. The summed E-state index contributed by atoms with van der Waals surface area (Å²) in [5, 5.41) is 6.38. The summed E-state index contributed by atoms with van der Waals surface area (Å²) >= 11 is 1.15. The van der Waals surface area contributed by atoms with Crippen molar-refractivity contribution >= 4 is 21.4 Å². The van der Waals surface area contributed by atoms with Crippen LogP contribution in [0.3, 0.4) is 0 Å². The van der Waals surface area contributed by atoms with Gasteiger partial charge in [-0.3, -0.25) is 4.79 Å². The quantitative estimate of drug-likeness (QED) is 0.440. The van der Waals surface area contributed by atoms with Crippen LogP contribution in [-0.2, 0) is 23.0 Å². The van der Waals surface area contributed by atoms with E-state index in [2.05, 4.69) is 10.2 Å². The number of hydrogen-bond donors (Lipinski definition) is 1. The van der Waals surface area contributed by atoms with Crippen molar-refractivity contribution in [2.45, 2.75) is 17.2 Å². The SMILES string of the molecule is O=c1ccc(-c2ccc(S(=O)(=O)N(CCc3ccccc3)Cc3ccccc3)s2)n[nH]1. The van der Waals surface area contributed by atoms with Gasteiger partial charge in [0, 0.05) is 19.2 Å². The highest BCUT2D eigenvalue weighted by Gasteiger charge is 2.26. The zero-order valence-electron chi connectivity index (χ0n) is 16.6. The van der Waals surface area contributed by atoms with Crippen LogP contribution in [-0.4, -0.2) is 29.5 Å². The highest BCUT2D eigenvalue weighted by Crippen LogP contribution is 2.31. The molecule has 2 aromatic heterocycles. The Morgan fingerprint density at radius 2 is 1.52 bits per heavy atom. The predicted octanol–water partition coefficient (Wildman–Crippen LogP) is 3.93. The smallest absolute Gasteiger partial charge is 0.264 e. The van der Waals surface area contributed by atoms with Crippen LogP contribution >= 0.6 is 11.3 Å². The zero-order chi connectivity index (χ0) is 21.7. The van der Waals surface area contributed by atoms with E-state index in [4.69, 9.17) is 0 Å². The van der Waals surface area contributed by atoms with Gasteiger partial charge in [-0.2, -0.15) is 9.40 Å². The molecule has 0 bridgehead atoms. The molecule has 4 aromatic rings. The number of benzene rings is 2. The van der Waals surface area contributed by atoms with Gasteiger partial charge in [-0.15, -0.1) is 11.3 Å². The molecule has 31 heavy (non-hydrogen) atoms. The van der Waals surface area contributed by atoms with E-state index in [0.717, 1.165) is 22.5 Å².